The summed E-state index contributed by atoms with van der Waals surface area (Å²) in [5.74, 6) is 0.293. The minimum absolute atomic E-state index is 0.335. The van der Waals surface area contributed by atoms with Gasteiger partial charge in [0.2, 0.25) is 6.08 Å². The maximum Gasteiger partial charge on any atom is 0.331 e. The van der Waals surface area contributed by atoms with Gasteiger partial charge in [-0.3, -0.25) is 0 Å². The minimum atomic E-state index is -0.380. The lowest BCUT2D eigenvalue weighted by atomic mass is 9.99. The summed E-state index contributed by atoms with van der Waals surface area (Å²) in [5, 5.41) is 0. The van der Waals surface area contributed by atoms with Gasteiger partial charge in [-0.05, 0) is 30.7 Å². The van der Waals surface area contributed by atoms with Crippen molar-refractivity contribution in [2.75, 3.05) is 13.2 Å². The number of fused-ring (bicyclic) bond motifs is 1. The number of ether oxygens (including phenoxy) is 2. The molecule has 0 unspecified atom stereocenters. The molecular weight excluding hydrogens is 246 g/mol. The van der Waals surface area contributed by atoms with Gasteiger partial charge in [-0.1, -0.05) is 0 Å². The Labute approximate surface area is 110 Å². The molecule has 0 aromatic heterocycles. The number of hydrogen-bond acceptors (Lipinski definition) is 5. The van der Waals surface area contributed by atoms with Crippen molar-refractivity contribution in [2.24, 2.45) is 4.99 Å². The maximum absolute atomic E-state index is 11.5. The van der Waals surface area contributed by atoms with E-state index in [2.05, 4.69) is 4.99 Å². The Kier molecular flexibility index (Phi) is 4.11. The molecule has 19 heavy (non-hydrogen) atoms. The highest BCUT2D eigenvalue weighted by Crippen LogP contribution is 2.35. The summed E-state index contributed by atoms with van der Waals surface area (Å²) in [6.07, 6.45) is 3.56. The van der Waals surface area contributed by atoms with Gasteiger partial charge < -0.3 is 9.47 Å². The molecule has 5 nitrogen and oxygen atoms in total. The molecule has 1 aromatic carbocycles. The molecule has 5 heteroatoms. The van der Waals surface area contributed by atoms with E-state index >= 15 is 0 Å². The number of nitrogens with zero attached hydrogens (tertiary/aromatic N) is 1. The third kappa shape index (κ3) is 3.09. The summed E-state index contributed by atoms with van der Waals surface area (Å²) in [6, 6.07) is 5.09. The van der Waals surface area contributed by atoms with Crippen LogP contribution in [0.2, 0.25) is 0 Å². The second-order valence-electron chi connectivity index (χ2n) is 3.90. The van der Waals surface area contributed by atoms with Crippen LogP contribution in [0.4, 0.5) is 5.69 Å². The first kappa shape index (κ1) is 13.1. The normalized spacial score (nSPS) is 15.1. The smallest absolute Gasteiger partial charge is 0.331 e. The number of benzene rings is 1. The first-order valence-electron chi connectivity index (χ1n) is 5.97. The van der Waals surface area contributed by atoms with E-state index < -0.39 is 0 Å². The molecule has 2 rings (SSSR count). The van der Waals surface area contributed by atoms with Crippen molar-refractivity contribution < 1.29 is 19.1 Å². The summed E-state index contributed by atoms with van der Waals surface area (Å²) < 4.78 is 10.4. The summed E-state index contributed by atoms with van der Waals surface area (Å²) in [7, 11) is 0. The van der Waals surface area contributed by atoms with E-state index in [9.17, 15) is 9.59 Å². The summed E-state index contributed by atoms with van der Waals surface area (Å²) >= 11 is 0. The van der Waals surface area contributed by atoms with Crippen molar-refractivity contribution in [1.82, 2.24) is 0 Å². The Balaban J connectivity index is 2.39. The molecule has 0 spiro atoms. The molecular formula is C14H13NO4. The van der Waals surface area contributed by atoms with Crippen LogP contribution in [0.25, 0.3) is 5.57 Å². The third-order valence-corrected chi connectivity index (χ3v) is 2.69. The zero-order valence-corrected chi connectivity index (χ0v) is 10.5. The van der Waals surface area contributed by atoms with Gasteiger partial charge in [-0.2, -0.15) is 4.99 Å². The molecule has 98 valence electrons. The lowest BCUT2D eigenvalue weighted by molar-refractivity contribution is -0.137. The van der Waals surface area contributed by atoms with E-state index in [1.165, 1.54) is 12.2 Å². The molecule has 1 aliphatic rings. The fraction of sp³-hybridized carbons (Fsp3) is 0.286. The van der Waals surface area contributed by atoms with Crippen LogP contribution >= 0.6 is 0 Å². The summed E-state index contributed by atoms with van der Waals surface area (Å²) in [4.78, 5) is 25.3. The predicted octanol–water partition coefficient (Wildman–Crippen LogP) is 2.38. The van der Waals surface area contributed by atoms with Crippen LogP contribution in [0.5, 0.6) is 5.75 Å². The van der Waals surface area contributed by atoms with E-state index in [0.29, 0.717) is 31.1 Å². The number of hydrogen-bond donors (Lipinski definition) is 0. The van der Waals surface area contributed by atoms with E-state index in [4.69, 9.17) is 9.47 Å². The Hall–Kier alpha value is -2.39. The van der Waals surface area contributed by atoms with Crippen LogP contribution in [0, 0.1) is 0 Å². The molecule has 0 amide bonds. The predicted molar refractivity (Wildman–Crippen MR) is 68.9 cm³/mol. The van der Waals surface area contributed by atoms with Gasteiger partial charge in [-0.25, -0.2) is 9.59 Å². The molecule has 0 atom stereocenters. The molecule has 0 radical (unpaired) electrons. The van der Waals surface area contributed by atoms with Crippen molar-refractivity contribution in [2.45, 2.75) is 13.3 Å². The van der Waals surface area contributed by atoms with Gasteiger partial charge in [0.25, 0.3) is 0 Å². The van der Waals surface area contributed by atoms with E-state index in [0.717, 1.165) is 11.1 Å². The highest BCUT2D eigenvalue weighted by atomic mass is 16.5. The highest BCUT2D eigenvalue weighted by Gasteiger charge is 2.17. The number of rotatable bonds is 3. The average molecular weight is 259 g/mol. The van der Waals surface area contributed by atoms with E-state index in [-0.39, 0.29) is 5.97 Å². The summed E-state index contributed by atoms with van der Waals surface area (Å²) in [5.41, 5.74) is 2.06. The summed E-state index contributed by atoms with van der Waals surface area (Å²) in [6.45, 7) is 2.60. The minimum Gasteiger partial charge on any atom is -0.493 e. The largest absolute Gasteiger partial charge is 0.493 e. The maximum atomic E-state index is 11.5. The van der Waals surface area contributed by atoms with Gasteiger partial charge in [0.1, 0.15) is 5.75 Å². The lowest BCUT2D eigenvalue weighted by Gasteiger charge is -2.20. The molecule has 0 saturated heterocycles. The molecule has 0 saturated carbocycles. The van der Waals surface area contributed by atoms with Crippen LogP contribution in [-0.4, -0.2) is 25.3 Å². The molecule has 0 fully saturated rings. The van der Waals surface area contributed by atoms with Crippen molar-refractivity contribution in [3.63, 3.8) is 0 Å². The number of carbonyl (C=O) groups excluding carboxylic acids is 2. The van der Waals surface area contributed by atoms with Crippen LogP contribution in [0.1, 0.15) is 18.9 Å². The standard InChI is InChI=1S/C14H13NO4/c1-2-18-14(17)7-10-5-6-19-13-4-3-11(15-9-16)8-12(10)13/h3-4,7-8H,2,5-6H2,1H3. The average Bonchev–Trinajstić information content (AvgIpc) is 2.40. The molecule has 0 bridgehead atoms. The van der Waals surface area contributed by atoms with Crippen LogP contribution in [0.15, 0.2) is 29.3 Å². The monoisotopic (exact) mass is 259 g/mol. The van der Waals surface area contributed by atoms with Crippen molar-refractivity contribution >= 4 is 23.3 Å². The van der Waals surface area contributed by atoms with Crippen LogP contribution in [0.3, 0.4) is 0 Å². The Morgan fingerprint density at radius 3 is 3.16 bits per heavy atom. The first-order chi connectivity index (χ1) is 9.24. The van der Waals surface area contributed by atoms with Gasteiger partial charge >= 0.3 is 5.97 Å². The number of carbonyl (C=O) groups is 1. The second-order valence-corrected chi connectivity index (χ2v) is 3.90. The Morgan fingerprint density at radius 1 is 1.58 bits per heavy atom. The zero-order valence-electron chi connectivity index (χ0n) is 10.5. The SMILES string of the molecule is CCOC(=O)C=C1CCOc2ccc(N=C=O)cc21. The Morgan fingerprint density at radius 2 is 2.42 bits per heavy atom. The van der Waals surface area contributed by atoms with Gasteiger partial charge in [0, 0.05) is 18.1 Å². The van der Waals surface area contributed by atoms with Crippen LogP contribution in [-0.2, 0) is 14.3 Å². The van der Waals surface area contributed by atoms with Gasteiger partial charge in [-0.15, -0.1) is 0 Å². The van der Waals surface area contributed by atoms with E-state index in [1.54, 1.807) is 25.1 Å². The van der Waals surface area contributed by atoms with Crippen LogP contribution < -0.4 is 4.74 Å². The van der Waals surface area contributed by atoms with Crippen molar-refractivity contribution in [3.05, 3.63) is 29.8 Å². The molecule has 0 N–H and O–H groups in total. The number of aliphatic imine (C=N–C) groups is 1. The Bertz CT molecular complexity index is 571. The molecule has 1 heterocycles. The third-order valence-electron chi connectivity index (χ3n) is 2.69. The van der Waals surface area contributed by atoms with Gasteiger partial charge in [0.05, 0.1) is 18.9 Å². The lowest BCUT2D eigenvalue weighted by Crippen LogP contribution is -2.09. The van der Waals surface area contributed by atoms with Crippen molar-refractivity contribution in [1.29, 1.82) is 0 Å². The number of esters is 1. The molecule has 1 aromatic rings. The fourth-order valence-electron chi connectivity index (χ4n) is 1.90. The topological polar surface area (TPSA) is 65.0 Å². The quantitative estimate of drug-likeness (QED) is 0.362. The fourth-order valence-corrected chi connectivity index (χ4v) is 1.90. The van der Waals surface area contributed by atoms with Crippen molar-refractivity contribution in [3.8, 4) is 5.75 Å². The first-order valence-corrected chi connectivity index (χ1v) is 5.97. The number of isocyanates is 1. The highest BCUT2D eigenvalue weighted by molar-refractivity contribution is 5.93. The zero-order chi connectivity index (χ0) is 13.7. The molecule has 0 aliphatic carbocycles. The van der Waals surface area contributed by atoms with E-state index in [1.807, 2.05) is 0 Å². The second kappa shape index (κ2) is 5.98. The van der Waals surface area contributed by atoms with Gasteiger partial charge in [0.15, 0.2) is 0 Å². The molecule has 1 aliphatic heterocycles.